The zero-order valence-corrected chi connectivity index (χ0v) is 18.8. The number of benzene rings is 1. The first-order chi connectivity index (χ1) is 12.6. The summed E-state index contributed by atoms with van der Waals surface area (Å²) in [5, 5.41) is 6.00. The molecule has 0 unspecified atom stereocenters. The molecule has 0 aliphatic carbocycles. The lowest BCUT2D eigenvalue weighted by Crippen LogP contribution is -2.58. The standard InChI is InChI=1S/C19H30N2O5S.ClH/c1-18(2,14-6-7-15(25-3)16(12-14)26-4)13-21-17(22)19(27(5,23)24)8-10-20-11-9-19;/h6-7,12,20H,8-11,13H2,1-5H3,(H,21,22);1H. The number of nitrogens with one attached hydrogen (secondary N) is 2. The van der Waals surface area contributed by atoms with Crippen molar-refractivity contribution in [3.05, 3.63) is 23.8 Å². The molecule has 160 valence electrons. The zero-order chi connectivity index (χ0) is 20.3. The third kappa shape index (κ3) is 4.90. The van der Waals surface area contributed by atoms with Gasteiger partial charge in [-0.05, 0) is 43.6 Å². The third-order valence-electron chi connectivity index (χ3n) is 5.39. The molecule has 2 rings (SSSR count). The fourth-order valence-electron chi connectivity index (χ4n) is 3.42. The van der Waals surface area contributed by atoms with Gasteiger partial charge in [0.15, 0.2) is 26.1 Å². The van der Waals surface area contributed by atoms with Gasteiger partial charge in [-0.1, -0.05) is 19.9 Å². The summed E-state index contributed by atoms with van der Waals surface area (Å²) in [7, 11) is -0.379. The number of ether oxygens (including phenoxy) is 2. The molecule has 0 spiro atoms. The minimum atomic E-state index is -3.53. The lowest BCUT2D eigenvalue weighted by Gasteiger charge is -2.36. The Morgan fingerprint density at radius 2 is 1.75 bits per heavy atom. The number of halogens is 1. The Hall–Kier alpha value is -1.51. The first-order valence-electron chi connectivity index (χ1n) is 8.98. The van der Waals surface area contributed by atoms with E-state index in [2.05, 4.69) is 10.6 Å². The molecule has 1 aromatic rings. The van der Waals surface area contributed by atoms with E-state index in [0.717, 1.165) is 11.8 Å². The second-order valence-corrected chi connectivity index (χ2v) is 9.98. The monoisotopic (exact) mass is 434 g/mol. The topological polar surface area (TPSA) is 93.7 Å². The van der Waals surface area contributed by atoms with Gasteiger partial charge in [0.1, 0.15) is 0 Å². The molecule has 2 N–H and O–H groups in total. The van der Waals surface area contributed by atoms with Crippen LogP contribution < -0.4 is 20.1 Å². The average Bonchev–Trinajstić information content (AvgIpc) is 2.65. The minimum Gasteiger partial charge on any atom is -0.493 e. The number of carbonyl (C=O) groups excluding carboxylic acids is 1. The summed E-state index contributed by atoms with van der Waals surface area (Å²) in [6.45, 7) is 5.32. The van der Waals surface area contributed by atoms with Crippen LogP contribution in [0.1, 0.15) is 32.3 Å². The van der Waals surface area contributed by atoms with Crippen molar-refractivity contribution in [3.8, 4) is 11.5 Å². The normalized spacial score (nSPS) is 16.6. The number of carbonyl (C=O) groups is 1. The van der Waals surface area contributed by atoms with Gasteiger partial charge in [0.25, 0.3) is 0 Å². The van der Waals surface area contributed by atoms with Gasteiger partial charge in [0.05, 0.1) is 14.2 Å². The Bertz CT molecular complexity index is 790. The maximum absolute atomic E-state index is 12.9. The Kier molecular flexibility index (Phi) is 8.17. The second kappa shape index (κ2) is 9.33. The molecular weight excluding hydrogens is 404 g/mol. The van der Waals surface area contributed by atoms with E-state index in [1.807, 2.05) is 32.0 Å². The van der Waals surface area contributed by atoms with Crippen molar-refractivity contribution >= 4 is 28.2 Å². The first-order valence-corrected chi connectivity index (χ1v) is 10.9. The van der Waals surface area contributed by atoms with Crippen LogP contribution in [0, 0.1) is 0 Å². The highest BCUT2D eigenvalue weighted by atomic mass is 35.5. The second-order valence-electron chi connectivity index (χ2n) is 7.65. The molecule has 0 saturated carbocycles. The van der Waals surface area contributed by atoms with Gasteiger partial charge >= 0.3 is 0 Å². The van der Waals surface area contributed by atoms with E-state index in [4.69, 9.17) is 9.47 Å². The van der Waals surface area contributed by atoms with Crippen LogP contribution in [0.2, 0.25) is 0 Å². The average molecular weight is 435 g/mol. The Morgan fingerprint density at radius 1 is 1.18 bits per heavy atom. The van der Waals surface area contributed by atoms with E-state index in [1.54, 1.807) is 14.2 Å². The summed E-state index contributed by atoms with van der Waals surface area (Å²) in [5.41, 5.74) is 0.542. The smallest absolute Gasteiger partial charge is 0.241 e. The van der Waals surface area contributed by atoms with Crippen LogP contribution in [-0.4, -0.2) is 59.2 Å². The molecule has 7 nitrogen and oxygen atoms in total. The van der Waals surface area contributed by atoms with Crippen LogP contribution in [0.4, 0.5) is 0 Å². The van der Waals surface area contributed by atoms with Gasteiger partial charge in [-0.25, -0.2) is 8.42 Å². The molecule has 1 aliphatic heterocycles. The van der Waals surface area contributed by atoms with E-state index < -0.39 is 25.9 Å². The quantitative estimate of drug-likeness (QED) is 0.678. The Labute approximate surface area is 173 Å². The molecule has 1 heterocycles. The third-order valence-corrected chi connectivity index (χ3v) is 7.40. The van der Waals surface area contributed by atoms with Crippen LogP contribution in [-0.2, 0) is 20.0 Å². The van der Waals surface area contributed by atoms with Crippen LogP contribution in [0.15, 0.2) is 18.2 Å². The van der Waals surface area contributed by atoms with Crippen molar-refractivity contribution in [2.75, 3.05) is 40.1 Å². The number of hydrogen-bond acceptors (Lipinski definition) is 6. The SMILES string of the molecule is COc1ccc(C(C)(C)CNC(=O)C2(S(C)(=O)=O)CCNCC2)cc1OC.Cl. The number of methoxy groups -OCH3 is 2. The largest absolute Gasteiger partial charge is 0.493 e. The summed E-state index contributed by atoms with van der Waals surface area (Å²) >= 11 is 0. The summed E-state index contributed by atoms with van der Waals surface area (Å²) in [4.78, 5) is 12.9. The number of amides is 1. The van der Waals surface area contributed by atoms with Crippen LogP contribution in [0.5, 0.6) is 11.5 Å². The Balaban J connectivity index is 0.00000392. The van der Waals surface area contributed by atoms with Crippen molar-refractivity contribution < 1.29 is 22.7 Å². The molecule has 1 fully saturated rings. The molecule has 9 heteroatoms. The number of hydrogen-bond donors (Lipinski definition) is 2. The van der Waals surface area contributed by atoms with Crippen molar-refractivity contribution in [3.63, 3.8) is 0 Å². The fourth-order valence-corrected chi connectivity index (χ4v) is 4.77. The summed E-state index contributed by atoms with van der Waals surface area (Å²) in [6.07, 6.45) is 1.72. The van der Waals surface area contributed by atoms with Gasteiger partial charge in [-0.15, -0.1) is 12.4 Å². The van der Waals surface area contributed by atoms with Crippen molar-refractivity contribution in [1.29, 1.82) is 0 Å². The molecular formula is C19H31ClN2O5S. The highest BCUT2D eigenvalue weighted by Gasteiger charge is 2.48. The van der Waals surface area contributed by atoms with E-state index >= 15 is 0 Å². The molecule has 28 heavy (non-hydrogen) atoms. The van der Waals surface area contributed by atoms with E-state index in [0.29, 0.717) is 31.1 Å². The van der Waals surface area contributed by atoms with Crippen molar-refractivity contribution in [2.24, 2.45) is 0 Å². The molecule has 0 aromatic heterocycles. The van der Waals surface area contributed by atoms with Gasteiger partial charge < -0.3 is 20.1 Å². The van der Waals surface area contributed by atoms with Gasteiger partial charge in [-0.3, -0.25) is 4.79 Å². The molecule has 1 aromatic carbocycles. The zero-order valence-electron chi connectivity index (χ0n) is 17.1. The number of sulfone groups is 1. The predicted molar refractivity (Wildman–Crippen MR) is 113 cm³/mol. The lowest BCUT2D eigenvalue weighted by molar-refractivity contribution is -0.124. The molecule has 1 amide bonds. The summed E-state index contributed by atoms with van der Waals surface area (Å²) in [6, 6.07) is 5.62. The van der Waals surface area contributed by atoms with E-state index in [-0.39, 0.29) is 25.2 Å². The lowest BCUT2D eigenvalue weighted by atomic mass is 9.84. The first kappa shape index (κ1) is 24.5. The molecule has 0 atom stereocenters. The van der Waals surface area contributed by atoms with Crippen LogP contribution >= 0.6 is 12.4 Å². The van der Waals surface area contributed by atoms with E-state index in [9.17, 15) is 13.2 Å². The minimum absolute atomic E-state index is 0. The highest BCUT2D eigenvalue weighted by Crippen LogP contribution is 2.33. The maximum Gasteiger partial charge on any atom is 0.241 e. The highest BCUT2D eigenvalue weighted by molar-refractivity contribution is 7.92. The Morgan fingerprint density at radius 3 is 2.25 bits per heavy atom. The molecule has 0 bridgehead atoms. The summed E-state index contributed by atoms with van der Waals surface area (Å²) in [5.74, 6) is 0.826. The fraction of sp³-hybridized carbons (Fsp3) is 0.632. The van der Waals surface area contributed by atoms with Crippen molar-refractivity contribution in [1.82, 2.24) is 10.6 Å². The van der Waals surface area contributed by atoms with Crippen LogP contribution in [0.3, 0.4) is 0 Å². The molecule has 0 radical (unpaired) electrons. The van der Waals surface area contributed by atoms with Gasteiger partial charge in [-0.2, -0.15) is 0 Å². The summed E-state index contributed by atoms with van der Waals surface area (Å²) < 4.78 is 34.0. The van der Waals surface area contributed by atoms with Gasteiger partial charge in [0, 0.05) is 18.2 Å². The van der Waals surface area contributed by atoms with Crippen LogP contribution in [0.25, 0.3) is 0 Å². The van der Waals surface area contributed by atoms with E-state index in [1.165, 1.54) is 0 Å². The predicted octanol–water partition coefficient (Wildman–Crippen LogP) is 1.69. The van der Waals surface area contributed by atoms with Crippen molar-refractivity contribution in [2.45, 2.75) is 36.9 Å². The molecule has 1 aliphatic rings. The number of rotatable bonds is 7. The maximum atomic E-state index is 12.9. The molecule has 1 saturated heterocycles. The van der Waals surface area contributed by atoms with Gasteiger partial charge in [0.2, 0.25) is 5.91 Å². The number of piperidine rings is 1.